The Labute approximate surface area is 127 Å². The maximum atomic E-state index is 12.4. The lowest BCUT2D eigenvalue weighted by atomic mass is 10.2. The van der Waals surface area contributed by atoms with Crippen molar-refractivity contribution in [2.75, 3.05) is 13.2 Å². The van der Waals surface area contributed by atoms with Crippen molar-refractivity contribution in [1.29, 1.82) is 0 Å². The first-order valence-corrected chi connectivity index (χ1v) is 8.95. The molecule has 0 bridgehead atoms. The molecule has 7 heteroatoms. The third kappa shape index (κ3) is 2.86. The molecule has 20 heavy (non-hydrogen) atoms. The van der Waals surface area contributed by atoms with Crippen molar-refractivity contribution in [2.24, 2.45) is 11.7 Å². The number of rotatable bonds is 5. The minimum absolute atomic E-state index is 0.106. The summed E-state index contributed by atoms with van der Waals surface area (Å²) in [4.78, 5) is 0.197. The second-order valence-corrected chi connectivity index (χ2v) is 7.99. The van der Waals surface area contributed by atoms with E-state index in [9.17, 15) is 8.42 Å². The monoisotopic (exact) mass is 360 g/mol. The first-order valence-electron chi connectivity index (χ1n) is 6.68. The van der Waals surface area contributed by atoms with Crippen molar-refractivity contribution >= 4 is 26.0 Å². The van der Waals surface area contributed by atoms with Crippen molar-refractivity contribution in [1.82, 2.24) is 4.72 Å². The van der Waals surface area contributed by atoms with Crippen LogP contribution in [0.15, 0.2) is 21.5 Å². The summed E-state index contributed by atoms with van der Waals surface area (Å²) >= 11 is 3.35. The van der Waals surface area contributed by atoms with Crippen LogP contribution in [0.25, 0.3) is 0 Å². The van der Waals surface area contributed by atoms with E-state index >= 15 is 0 Å². The van der Waals surface area contributed by atoms with Gasteiger partial charge in [0.1, 0.15) is 10.6 Å². The molecule has 1 unspecified atom stereocenters. The highest BCUT2D eigenvalue weighted by atomic mass is 79.9. The van der Waals surface area contributed by atoms with Crippen LogP contribution >= 0.6 is 15.9 Å². The van der Waals surface area contributed by atoms with Crippen LogP contribution in [-0.2, 0) is 16.4 Å². The van der Waals surface area contributed by atoms with Crippen LogP contribution in [0.1, 0.15) is 18.4 Å². The predicted octanol–water partition coefficient (Wildman–Crippen LogP) is 1.40. The Balaban J connectivity index is 1.83. The largest absolute Gasteiger partial charge is 0.492 e. The molecule has 2 aliphatic rings. The van der Waals surface area contributed by atoms with Crippen molar-refractivity contribution in [3.8, 4) is 5.75 Å². The highest BCUT2D eigenvalue weighted by molar-refractivity contribution is 9.10. The second kappa shape index (κ2) is 5.29. The van der Waals surface area contributed by atoms with Gasteiger partial charge in [-0.05, 0) is 30.9 Å². The Kier molecular flexibility index (Phi) is 3.79. The molecule has 0 aromatic heterocycles. The second-order valence-electron chi connectivity index (χ2n) is 5.34. The van der Waals surface area contributed by atoms with Gasteiger partial charge < -0.3 is 10.5 Å². The Bertz CT molecular complexity index is 629. The predicted molar refractivity (Wildman–Crippen MR) is 79.2 cm³/mol. The molecule has 5 nitrogen and oxygen atoms in total. The van der Waals surface area contributed by atoms with Gasteiger partial charge in [0.15, 0.2) is 0 Å². The fraction of sp³-hybridized carbons (Fsp3) is 0.538. The van der Waals surface area contributed by atoms with Crippen LogP contribution in [-0.4, -0.2) is 27.6 Å². The van der Waals surface area contributed by atoms with E-state index in [2.05, 4.69) is 20.7 Å². The number of hydrogen-bond acceptors (Lipinski definition) is 4. The van der Waals surface area contributed by atoms with Crippen molar-refractivity contribution in [2.45, 2.75) is 30.2 Å². The molecule has 1 aliphatic heterocycles. The topological polar surface area (TPSA) is 81.4 Å². The van der Waals surface area contributed by atoms with Crippen molar-refractivity contribution in [3.63, 3.8) is 0 Å². The van der Waals surface area contributed by atoms with Crippen molar-refractivity contribution in [3.05, 3.63) is 22.2 Å². The van der Waals surface area contributed by atoms with E-state index in [1.54, 1.807) is 6.07 Å². The number of fused-ring (bicyclic) bond motifs is 1. The van der Waals surface area contributed by atoms with Gasteiger partial charge in [0, 0.05) is 29.0 Å². The lowest BCUT2D eigenvalue weighted by Crippen LogP contribution is -2.38. The molecule has 3 rings (SSSR count). The molecule has 1 aromatic rings. The molecule has 1 heterocycles. The molecule has 0 amide bonds. The number of sulfonamides is 1. The quantitative estimate of drug-likeness (QED) is 0.831. The van der Waals surface area contributed by atoms with E-state index in [0.717, 1.165) is 29.3 Å². The van der Waals surface area contributed by atoms with Crippen LogP contribution < -0.4 is 15.2 Å². The Morgan fingerprint density at radius 1 is 1.45 bits per heavy atom. The van der Waals surface area contributed by atoms with Crippen LogP contribution in [0.2, 0.25) is 0 Å². The SMILES string of the molecule is NC(CNS(=O)(=O)c1cc(Br)cc2c1OCC2)C1CC1. The van der Waals surface area contributed by atoms with E-state index in [1.807, 2.05) is 6.07 Å². The lowest BCUT2D eigenvalue weighted by molar-refractivity contribution is 0.348. The van der Waals surface area contributed by atoms with Gasteiger partial charge in [-0.15, -0.1) is 0 Å². The normalized spacial score (nSPS) is 19.5. The highest BCUT2D eigenvalue weighted by Crippen LogP contribution is 2.36. The van der Waals surface area contributed by atoms with E-state index in [1.165, 1.54) is 0 Å². The van der Waals surface area contributed by atoms with Gasteiger partial charge in [0.25, 0.3) is 0 Å². The molecule has 1 aliphatic carbocycles. The summed E-state index contributed by atoms with van der Waals surface area (Å²) in [6.07, 6.45) is 2.93. The van der Waals surface area contributed by atoms with E-state index in [0.29, 0.717) is 18.3 Å². The van der Waals surface area contributed by atoms with E-state index < -0.39 is 10.0 Å². The zero-order chi connectivity index (χ0) is 14.3. The van der Waals surface area contributed by atoms with Gasteiger partial charge in [-0.25, -0.2) is 13.1 Å². The third-order valence-electron chi connectivity index (χ3n) is 3.74. The van der Waals surface area contributed by atoms with E-state index in [-0.39, 0.29) is 17.5 Å². The highest BCUT2D eigenvalue weighted by Gasteiger charge is 2.31. The molecule has 0 spiro atoms. The number of hydrogen-bond donors (Lipinski definition) is 2. The summed E-state index contributed by atoms with van der Waals surface area (Å²) in [6, 6.07) is 3.37. The standard InChI is InChI=1S/C13H17BrN2O3S/c14-10-5-9-3-4-19-13(9)12(6-10)20(17,18)16-7-11(15)8-1-2-8/h5-6,8,11,16H,1-4,7,15H2. The Hall–Kier alpha value is -0.630. The molecule has 0 radical (unpaired) electrons. The summed E-state index contributed by atoms with van der Waals surface area (Å²) in [6.45, 7) is 0.796. The lowest BCUT2D eigenvalue weighted by Gasteiger charge is -2.14. The molecular weight excluding hydrogens is 344 g/mol. The first-order chi connectivity index (χ1) is 9.47. The van der Waals surface area contributed by atoms with Gasteiger partial charge in [-0.2, -0.15) is 0 Å². The maximum Gasteiger partial charge on any atom is 0.244 e. The fourth-order valence-electron chi connectivity index (χ4n) is 2.41. The first kappa shape index (κ1) is 14.3. The maximum absolute atomic E-state index is 12.4. The molecule has 1 aromatic carbocycles. The van der Waals surface area contributed by atoms with E-state index in [4.69, 9.17) is 10.5 Å². The van der Waals surface area contributed by atoms with Gasteiger partial charge >= 0.3 is 0 Å². The molecule has 3 N–H and O–H groups in total. The van der Waals surface area contributed by atoms with Crippen LogP contribution in [0.4, 0.5) is 0 Å². The summed E-state index contributed by atoms with van der Waals surface area (Å²) in [7, 11) is -3.59. The average molecular weight is 361 g/mol. The minimum atomic E-state index is -3.59. The molecule has 0 saturated heterocycles. The van der Waals surface area contributed by atoms with Gasteiger partial charge in [0.05, 0.1) is 6.61 Å². The van der Waals surface area contributed by atoms with Gasteiger partial charge in [-0.1, -0.05) is 15.9 Å². The number of nitrogens with one attached hydrogen (secondary N) is 1. The Morgan fingerprint density at radius 2 is 2.20 bits per heavy atom. The molecule has 1 saturated carbocycles. The summed E-state index contributed by atoms with van der Waals surface area (Å²) in [5.74, 6) is 0.933. The van der Waals surface area contributed by atoms with Crippen LogP contribution in [0.3, 0.4) is 0 Å². The average Bonchev–Trinajstić information content (AvgIpc) is 3.14. The molecule has 110 valence electrons. The van der Waals surface area contributed by atoms with Crippen molar-refractivity contribution < 1.29 is 13.2 Å². The Morgan fingerprint density at radius 3 is 2.90 bits per heavy atom. The third-order valence-corrected chi connectivity index (χ3v) is 5.63. The van der Waals surface area contributed by atoms with Crippen LogP contribution in [0.5, 0.6) is 5.75 Å². The molecular formula is C13H17BrN2O3S. The number of ether oxygens (including phenoxy) is 1. The molecule has 1 fully saturated rings. The summed E-state index contributed by atoms with van der Waals surface area (Å²) < 4.78 is 33.7. The summed E-state index contributed by atoms with van der Waals surface area (Å²) in [5, 5.41) is 0. The number of benzene rings is 1. The van der Waals surface area contributed by atoms with Gasteiger partial charge in [0.2, 0.25) is 10.0 Å². The molecule has 1 atom stereocenters. The summed E-state index contributed by atoms with van der Waals surface area (Å²) in [5.41, 5.74) is 6.86. The number of nitrogens with two attached hydrogens (primary N) is 1. The zero-order valence-corrected chi connectivity index (χ0v) is 13.3. The fourth-order valence-corrected chi connectivity index (χ4v) is 4.35. The van der Waals surface area contributed by atoms with Crippen LogP contribution in [0, 0.1) is 5.92 Å². The smallest absolute Gasteiger partial charge is 0.244 e. The van der Waals surface area contributed by atoms with Gasteiger partial charge in [-0.3, -0.25) is 0 Å². The minimum Gasteiger partial charge on any atom is -0.492 e. The number of halogens is 1. The zero-order valence-electron chi connectivity index (χ0n) is 10.9.